The van der Waals surface area contributed by atoms with E-state index in [0.29, 0.717) is 23.6 Å². The summed E-state index contributed by atoms with van der Waals surface area (Å²) in [5.41, 5.74) is 4.16. The summed E-state index contributed by atoms with van der Waals surface area (Å²) in [5.74, 6) is 0.698. The fourth-order valence-corrected chi connectivity index (χ4v) is 3.46. The van der Waals surface area contributed by atoms with Gasteiger partial charge in [0.15, 0.2) is 0 Å². The summed E-state index contributed by atoms with van der Waals surface area (Å²) in [6.45, 7) is 0.420. The fourth-order valence-electron chi connectivity index (χ4n) is 2.93. The number of phenols is 1. The SMILES string of the molecule is Oc1cc(OCc2ccc(Br)cc2)ccc1-c1ncncc1-c1ccc(Br)cc1. The molecular weight excluding hydrogens is 496 g/mol. The molecule has 0 saturated heterocycles. The minimum atomic E-state index is 0.107. The standard InChI is InChI=1S/C23H16Br2N2O2/c24-17-5-1-15(2-6-17)13-29-19-9-10-20(22(28)11-19)23-21(12-26-14-27-23)16-3-7-18(25)8-4-16/h1-12,14,28H,13H2. The average Bonchev–Trinajstić information content (AvgIpc) is 2.74. The van der Waals surface area contributed by atoms with Crippen molar-refractivity contribution < 1.29 is 9.84 Å². The van der Waals surface area contributed by atoms with Gasteiger partial charge in [-0.25, -0.2) is 9.97 Å². The van der Waals surface area contributed by atoms with E-state index in [1.165, 1.54) is 6.33 Å². The van der Waals surface area contributed by atoms with Crippen molar-refractivity contribution >= 4 is 31.9 Å². The van der Waals surface area contributed by atoms with Crippen LogP contribution < -0.4 is 4.74 Å². The number of ether oxygens (including phenoxy) is 1. The van der Waals surface area contributed by atoms with Crippen molar-refractivity contribution in [3.63, 3.8) is 0 Å². The van der Waals surface area contributed by atoms with Crippen molar-refractivity contribution in [3.05, 3.63) is 93.8 Å². The highest BCUT2D eigenvalue weighted by atomic mass is 79.9. The molecule has 0 aliphatic heterocycles. The van der Waals surface area contributed by atoms with Gasteiger partial charge >= 0.3 is 0 Å². The first kappa shape index (κ1) is 19.6. The van der Waals surface area contributed by atoms with Gasteiger partial charge in [-0.3, -0.25) is 0 Å². The summed E-state index contributed by atoms with van der Waals surface area (Å²) >= 11 is 6.87. The van der Waals surface area contributed by atoms with E-state index < -0.39 is 0 Å². The normalized spacial score (nSPS) is 10.7. The van der Waals surface area contributed by atoms with E-state index in [9.17, 15) is 5.11 Å². The van der Waals surface area contributed by atoms with E-state index in [4.69, 9.17) is 4.74 Å². The van der Waals surface area contributed by atoms with Gasteiger partial charge < -0.3 is 9.84 Å². The highest BCUT2D eigenvalue weighted by Gasteiger charge is 2.14. The van der Waals surface area contributed by atoms with Crippen LogP contribution in [0.15, 0.2) is 88.2 Å². The Hall–Kier alpha value is -2.70. The van der Waals surface area contributed by atoms with Crippen molar-refractivity contribution in [1.82, 2.24) is 9.97 Å². The Morgan fingerprint density at radius 2 is 1.52 bits per heavy atom. The van der Waals surface area contributed by atoms with Gasteiger partial charge in [-0.2, -0.15) is 0 Å². The summed E-state index contributed by atoms with van der Waals surface area (Å²) in [4.78, 5) is 8.57. The molecule has 1 heterocycles. The number of halogens is 2. The zero-order valence-corrected chi connectivity index (χ0v) is 18.4. The minimum Gasteiger partial charge on any atom is -0.507 e. The number of phenolic OH excluding ortho intramolecular Hbond substituents is 1. The zero-order valence-electron chi connectivity index (χ0n) is 15.2. The lowest BCUT2D eigenvalue weighted by atomic mass is 10.0. The molecule has 29 heavy (non-hydrogen) atoms. The molecule has 0 saturated carbocycles. The number of aromatic hydroxyl groups is 1. The Morgan fingerprint density at radius 3 is 2.21 bits per heavy atom. The molecular formula is C23H16Br2N2O2. The molecule has 0 aliphatic rings. The van der Waals surface area contributed by atoms with Gasteiger partial charge in [-0.05, 0) is 47.5 Å². The second-order valence-corrected chi connectivity index (χ2v) is 8.22. The smallest absolute Gasteiger partial charge is 0.128 e. The molecule has 1 aromatic heterocycles. The average molecular weight is 512 g/mol. The van der Waals surface area contributed by atoms with Crippen LogP contribution in [-0.2, 0) is 6.61 Å². The van der Waals surface area contributed by atoms with Crippen LogP contribution in [0.2, 0.25) is 0 Å². The lowest BCUT2D eigenvalue weighted by molar-refractivity contribution is 0.304. The third-order valence-corrected chi connectivity index (χ3v) is 5.47. The molecule has 0 bridgehead atoms. The lowest BCUT2D eigenvalue weighted by Gasteiger charge is -2.12. The Kier molecular flexibility index (Phi) is 5.92. The summed E-state index contributed by atoms with van der Waals surface area (Å²) in [7, 11) is 0. The van der Waals surface area contributed by atoms with E-state index in [2.05, 4.69) is 41.8 Å². The number of aromatic nitrogens is 2. The summed E-state index contributed by atoms with van der Waals surface area (Å²) < 4.78 is 7.84. The van der Waals surface area contributed by atoms with Crippen LogP contribution >= 0.6 is 31.9 Å². The minimum absolute atomic E-state index is 0.107. The number of rotatable bonds is 5. The quantitative estimate of drug-likeness (QED) is 0.327. The molecule has 0 unspecified atom stereocenters. The number of benzene rings is 3. The van der Waals surface area contributed by atoms with E-state index in [1.807, 2.05) is 60.7 Å². The molecule has 6 heteroatoms. The molecule has 0 fully saturated rings. The van der Waals surface area contributed by atoms with E-state index in [1.54, 1.807) is 12.3 Å². The monoisotopic (exact) mass is 510 g/mol. The van der Waals surface area contributed by atoms with Gasteiger partial charge in [-0.15, -0.1) is 0 Å². The van der Waals surface area contributed by atoms with Crippen LogP contribution in [0.5, 0.6) is 11.5 Å². The number of hydrogen-bond donors (Lipinski definition) is 1. The van der Waals surface area contributed by atoms with Gasteiger partial charge in [0.25, 0.3) is 0 Å². The third kappa shape index (κ3) is 4.66. The predicted octanol–water partition coefficient (Wildman–Crippen LogP) is 6.62. The Balaban J connectivity index is 1.60. The van der Waals surface area contributed by atoms with Crippen molar-refractivity contribution in [2.75, 3.05) is 0 Å². The molecule has 3 aromatic carbocycles. The maximum absolute atomic E-state index is 10.6. The van der Waals surface area contributed by atoms with Crippen molar-refractivity contribution in [2.45, 2.75) is 6.61 Å². The molecule has 0 radical (unpaired) electrons. The maximum atomic E-state index is 10.6. The second-order valence-electron chi connectivity index (χ2n) is 6.39. The number of hydrogen-bond acceptors (Lipinski definition) is 4. The van der Waals surface area contributed by atoms with Gasteiger partial charge in [0.05, 0.1) is 5.69 Å². The number of nitrogens with zero attached hydrogens (tertiary/aromatic N) is 2. The second kappa shape index (κ2) is 8.76. The van der Waals surface area contributed by atoms with Crippen molar-refractivity contribution in [3.8, 4) is 33.9 Å². The van der Waals surface area contributed by atoms with Crippen LogP contribution in [0, 0.1) is 0 Å². The van der Waals surface area contributed by atoms with Crippen molar-refractivity contribution in [1.29, 1.82) is 0 Å². The Morgan fingerprint density at radius 1 is 0.828 bits per heavy atom. The topological polar surface area (TPSA) is 55.2 Å². The summed E-state index contributed by atoms with van der Waals surface area (Å²) in [6, 6.07) is 21.1. The van der Waals surface area contributed by atoms with Crippen molar-refractivity contribution in [2.24, 2.45) is 0 Å². The van der Waals surface area contributed by atoms with Crippen LogP contribution in [-0.4, -0.2) is 15.1 Å². The van der Waals surface area contributed by atoms with Gasteiger partial charge in [0.1, 0.15) is 24.4 Å². The Bertz CT molecular complexity index is 1130. The molecule has 0 atom stereocenters. The van der Waals surface area contributed by atoms with Crippen LogP contribution in [0.4, 0.5) is 0 Å². The van der Waals surface area contributed by atoms with E-state index in [-0.39, 0.29) is 5.75 Å². The van der Waals surface area contributed by atoms with Gasteiger partial charge in [-0.1, -0.05) is 56.1 Å². The van der Waals surface area contributed by atoms with Crippen LogP contribution in [0.25, 0.3) is 22.4 Å². The molecule has 0 spiro atoms. The van der Waals surface area contributed by atoms with Gasteiger partial charge in [0, 0.05) is 32.3 Å². The fraction of sp³-hybridized carbons (Fsp3) is 0.0435. The molecule has 4 rings (SSSR count). The molecule has 144 valence electrons. The van der Waals surface area contributed by atoms with E-state index >= 15 is 0 Å². The first-order chi connectivity index (χ1) is 14.1. The maximum Gasteiger partial charge on any atom is 0.128 e. The van der Waals surface area contributed by atoms with Crippen LogP contribution in [0.3, 0.4) is 0 Å². The summed E-state index contributed by atoms with van der Waals surface area (Å²) in [6.07, 6.45) is 3.23. The molecule has 1 N–H and O–H groups in total. The molecule has 0 aliphatic carbocycles. The molecule has 0 amide bonds. The molecule has 4 aromatic rings. The summed E-state index contributed by atoms with van der Waals surface area (Å²) in [5, 5.41) is 10.6. The lowest BCUT2D eigenvalue weighted by Crippen LogP contribution is -1.96. The zero-order chi connectivity index (χ0) is 20.2. The predicted molar refractivity (Wildman–Crippen MR) is 121 cm³/mol. The highest BCUT2D eigenvalue weighted by Crippen LogP contribution is 2.37. The Labute approximate surface area is 185 Å². The molecule has 4 nitrogen and oxygen atoms in total. The highest BCUT2D eigenvalue weighted by molar-refractivity contribution is 9.10. The van der Waals surface area contributed by atoms with Gasteiger partial charge in [0.2, 0.25) is 0 Å². The van der Waals surface area contributed by atoms with Crippen LogP contribution in [0.1, 0.15) is 5.56 Å². The first-order valence-electron chi connectivity index (χ1n) is 8.87. The first-order valence-corrected chi connectivity index (χ1v) is 10.5. The largest absolute Gasteiger partial charge is 0.507 e. The third-order valence-electron chi connectivity index (χ3n) is 4.41. The van der Waals surface area contributed by atoms with E-state index in [0.717, 1.165) is 25.6 Å².